The van der Waals surface area contributed by atoms with Crippen LogP contribution in [-0.4, -0.2) is 37.5 Å². The number of carbonyl (C=O) groups is 4. The van der Waals surface area contributed by atoms with Crippen LogP contribution in [0.1, 0.15) is 5.56 Å². The highest BCUT2D eigenvalue weighted by Gasteiger charge is 2.36. The minimum atomic E-state index is -0.921. The second kappa shape index (κ2) is 8.34. The van der Waals surface area contributed by atoms with Crippen LogP contribution >= 0.6 is 0 Å². The van der Waals surface area contributed by atoms with Gasteiger partial charge in [-0.15, -0.1) is 0 Å². The van der Waals surface area contributed by atoms with Gasteiger partial charge >= 0.3 is 12.0 Å². The van der Waals surface area contributed by atoms with E-state index in [0.717, 1.165) is 17.0 Å². The summed E-state index contributed by atoms with van der Waals surface area (Å²) in [5, 5.41) is 2.08. The second-order valence-electron chi connectivity index (χ2n) is 5.87. The summed E-state index contributed by atoms with van der Waals surface area (Å²) in [7, 11) is 1.24. The van der Waals surface area contributed by atoms with E-state index in [2.05, 4.69) is 10.1 Å². The van der Waals surface area contributed by atoms with Crippen molar-refractivity contribution < 1.29 is 33.0 Å². The Hall–Kier alpha value is -4.01. The minimum absolute atomic E-state index is 0.124. The molecular formula is C20H15FN2O6. The first kappa shape index (κ1) is 19.7. The Balaban J connectivity index is 1.82. The number of esters is 1. The number of rotatable bonds is 5. The first-order chi connectivity index (χ1) is 13.9. The van der Waals surface area contributed by atoms with Crippen LogP contribution in [-0.2, 0) is 19.1 Å². The molecule has 0 unspecified atom stereocenters. The molecule has 1 N–H and O–H groups in total. The standard InChI is InChI=1S/C20H15FN2O6/c1-28-17(24)11-29-15-8-2-12(3-9-15)10-16-18(25)22-20(27)23(19(16)26)14-6-4-13(21)5-7-14/h2-10H,11H2,1H3,(H,22,25,27). The fourth-order valence-electron chi connectivity index (χ4n) is 2.51. The van der Waals surface area contributed by atoms with E-state index in [4.69, 9.17) is 4.74 Å². The number of amides is 4. The Morgan fingerprint density at radius 3 is 2.34 bits per heavy atom. The van der Waals surface area contributed by atoms with Crippen LogP contribution in [0.25, 0.3) is 6.08 Å². The van der Waals surface area contributed by atoms with Gasteiger partial charge in [-0.2, -0.15) is 0 Å². The summed E-state index contributed by atoms with van der Waals surface area (Å²) in [6, 6.07) is 10.0. The number of nitrogens with one attached hydrogen (secondary N) is 1. The first-order valence-corrected chi connectivity index (χ1v) is 8.36. The second-order valence-corrected chi connectivity index (χ2v) is 5.87. The van der Waals surface area contributed by atoms with Crippen molar-refractivity contribution in [1.29, 1.82) is 0 Å². The molecule has 2 aromatic carbocycles. The highest BCUT2D eigenvalue weighted by atomic mass is 19.1. The van der Waals surface area contributed by atoms with Gasteiger partial charge in [0.25, 0.3) is 11.8 Å². The van der Waals surface area contributed by atoms with Crippen molar-refractivity contribution in [1.82, 2.24) is 5.32 Å². The van der Waals surface area contributed by atoms with Crippen molar-refractivity contribution in [3.8, 4) is 5.75 Å². The van der Waals surface area contributed by atoms with Gasteiger partial charge in [-0.1, -0.05) is 12.1 Å². The maximum atomic E-state index is 13.1. The van der Waals surface area contributed by atoms with E-state index in [9.17, 15) is 23.6 Å². The molecule has 148 valence electrons. The molecule has 1 aliphatic rings. The molecule has 2 aromatic rings. The van der Waals surface area contributed by atoms with E-state index in [1.807, 2.05) is 0 Å². The Morgan fingerprint density at radius 1 is 1.07 bits per heavy atom. The largest absolute Gasteiger partial charge is 0.482 e. The lowest BCUT2D eigenvalue weighted by molar-refractivity contribution is -0.143. The number of anilines is 1. The van der Waals surface area contributed by atoms with E-state index in [-0.39, 0.29) is 17.9 Å². The molecule has 0 spiro atoms. The van der Waals surface area contributed by atoms with E-state index < -0.39 is 29.6 Å². The average molecular weight is 398 g/mol. The predicted molar refractivity (Wildman–Crippen MR) is 99.4 cm³/mol. The van der Waals surface area contributed by atoms with Crippen LogP contribution in [0, 0.1) is 5.82 Å². The van der Waals surface area contributed by atoms with Gasteiger partial charge in [0.15, 0.2) is 6.61 Å². The molecule has 3 rings (SSSR count). The third kappa shape index (κ3) is 4.46. The number of carbonyl (C=O) groups excluding carboxylic acids is 4. The van der Waals surface area contributed by atoms with Crippen molar-refractivity contribution in [2.24, 2.45) is 0 Å². The van der Waals surface area contributed by atoms with Gasteiger partial charge in [0.1, 0.15) is 17.1 Å². The van der Waals surface area contributed by atoms with E-state index in [1.54, 1.807) is 24.3 Å². The minimum Gasteiger partial charge on any atom is -0.482 e. The summed E-state index contributed by atoms with van der Waals surface area (Å²) < 4.78 is 22.8. The van der Waals surface area contributed by atoms with E-state index in [0.29, 0.717) is 11.3 Å². The summed E-state index contributed by atoms with van der Waals surface area (Å²) >= 11 is 0. The molecule has 8 nitrogen and oxygen atoms in total. The van der Waals surface area contributed by atoms with Crippen LogP contribution in [0.4, 0.5) is 14.9 Å². The molecule has 1 heterocycles. The summed E-state index contributed by atoms with van der Waals surface area (Å²) in [5.41, 5.74) is 0.346. The van der Waals surface area contributed by atoms with Gasteiger partial charge in [-0.25, -0.2) is 18.9 Å². The number of barbiturate groups is 1. The van der Waals surface area contributed by atoms with Gasteiger partial charge in [0.2, 0.25) is 0 Å². The molecule has 1 fully saturated rings. The summed E-state index contributed by atoms with van der Waals surface area (Å²) in [6.07, 6.45) is 1.31. The van der Waals surface area contributed by atoms with Gasteiger partial charge in [0, 0.05) is 0 Å². The van der Waals surface area contributed by atoms with Crippen LogP contribution in [0.2, 0.25) is 0 Å². The molecule has 0 aliphatic carbocycles. The monoisotopic (exact) mass is 398 g/mol. The first-order valence-electron chi connectivity index (χ1n) is 8.36. The molecule has 0 radical (unpaired) electrons. The number of hydrogen-bond donors (Lipinski definition) is 1. The lowest BCUT2D eigenvalue weighted by Gasteiger charge is -2.26. The van der Waals surface area contributed by atoms with Crippen molar-refractivity contribution in [3.63, 3.8) is 0 Å². The zero-order valence-corrected chi connectivity index (χ0v) is 15.2. The van der Waals surface area contributed by atoms with Gasteiger partial charge < -0.3 is 9.47 Å². The molecule has 1 saturated heterocycles. The smallest absolute Gasteiger partial charge is 0.343 e. The van der Waals surface area contributed by atoms with Crippen molar-refractivity contribution in [2.45, 2.75) is 0 Å². The van der Waals surface area contributed by atoms with Crippen LogP contribution in [0.3, 0.4) is 0 Å². The molecule has 29 heavy (non-hydrogen) atoms. The van der Waals surface area contributed by atoms with Gasteiger partial charge in [-0.3, -0.25) is 14.9 Å². The zero-order valence-electron chi connectivity index (χ0n) is 15.2. The molecule has 0 atom stereocenters. The fourth-order valence-corrected chi connectivity index (χ4v) is 2.51. The summed E-state index contributed by atoms with van der Waals surface area (Å²) in [6.45, 7) is -0.257. The van der Waals surface area contributed by atoms with Gasteiger partial charge in [0.05, 0.1) is 12.8 Å². The SMILES string of the molecule is COC(=O)COc1ccc(C=C2C(=O)NC(=O)N(c3ccc(F)cc3)C2=O)cc1. The molecule has 0 aromatic heterocycles. The Bertz CT molecular complexity index is 999. The number of methoxy groups -OCH3 is 1. The molecular weight excluding hydrogens is 383 g/mol. The number of ether oxygens (including phenoxy) is 2. The number of urea groups is 1. The highest BCUT2D eigenvalue weighted by Crippen LogP contribution is 2.22. The average Bonchev–Trinajstić information content (AvgIpc) is 2.71. The summed E-state index contributed by atoms with van der Waals surface area (Å²) in [5.74, 6) is -2.35. The predicted octanol–water partition coefficient (Wildman–Crippen LogP) is 2.04. The quantitative estimate of drug-likeness (QED) is 0.470. The van der Waals surface area contributed by atoms with Crippen LogP contribution in [0.5, 0.6) is 5.75 Å². The third-order valence-electron chi connectivity index (χ3n) is 3.96. The van der Waals surface area contributed by atoms with Gasteiger partial charge in [-0.05, 0) is 48.0 Å². The van der Waals surface area contributed by atoms with E-state index >= 15 is 0 Å². The van der Waals surface area contributed by atoms with Crippen LogP contribution < -0.4 is 15.0 Å². The van der Waals surface area contributed by atoms with Crippen molar-refractivity contribution in [2.75, 3.05) is 18.6 Å². The fraction of sp³-hybridized carbons (Fsp3) is 0.100. The normalized spacial score (nSPS) is 15.3. The highest BCUT2D eigenvalue weighted by molar-refractivity contribution is 6.39. The topological polar surface area (TPSA) is 102 Å². The molecule has 0 bridgehead atoms. The summed E-state index contributed by atoms with van der Waals surface area (Å²) in [4.78, 5) is 48.8. The number of imide groups is 2. The van der Waals surface area contributed by atoms with Crippen molar-refractivity contribution in [3.05, 3.63) is 65.5 Å². The lowest BCUT2D eigenvalue weighted by atomic mass is 10.1. The maximum absolute atomic E-state index is 13.1. The Morgan fingerprint density at radius 2 is 1.72 bits per heavy atom. The van der Waals surface area contributed by atoms with Crippen molar-refractivity contribution >= 4 is 35.6 Å². The van der Waals surface area contributed by atoms with Crippen LogP contribution in [0.15, 0.2) is 54.1 Å². The number of benzene rings is 2. The lowest BCUT2D eigenvalue weighted by Crippen LogP contribution is -2.54. The molecule has 4 amide bonds. The Kier molecular flexibility index (Phi) is 5.68. The number of halogens is 1. The number of nitrogens with zero attached hydrogens (tertiary/aromatic N) is 1. The third-order valence-corrected chi connectivity index (χ3v) is 3.96. The molecule has 0 saturated carbocycles. The molecule has 9 heteroatoms. The number of hydrogen-bond acceptors (Lipinski definition) is 6. The zero-order chi connectivity index (χ0) is 21.0. The maximum Gasteiger partial charge on any atom is 0.343 e. The Labute approximate surface area is 164 Å². The molecule has 1 aliphatic heterocycles. The van der Waals surface area contributed by atoms with E-state index in [1.165, 1.54) is 25.3 Å².